The van der Waals surface area contributed by atoms with Gasteiger partial charge in [-0.2, -0.15) is 0 Å². The van der Waals surface area contributed by atoms with Crippen LogP contribution in [0.4, 0.5) is 0 Å². The van der Waals surface area contributed by atoms with Gasteiger partial charge < -0.3 is 10.1 Å². The molecule has 0 bridgehead atoms. The van der Waals surface area contributed by atoms with Crippen LogP contribution in [-0.2, 0) is 10.2 Å². The summed E-state index contributed by atoms with van der Waals surface area (Å²) < 4.78 is 0. The SMILES string of the molecule is CC(C)c1ccc2[nH]cc(C(C)(C)C(=O)O)c2c1. The van der Waals surface area contributed by atoms with Gasteiger partial charge in [-0.1, -0.05) is 19.9 Å². The number of carbonyl (C=O) groups is 1. The number of nitrogens with one attached hydrogen (secondary N) is 1. The van der Waals surface area contributed by atoms with E-state index in [2.05, 4.69) is 31.0 Å². The van der Waals surface area contributed by atoms with Crippen LogP contribution in [0.15, 0.2) is 24.4 Å². The smallest absolute Gasteiger partial charge is 0.313 e. The van der Waals surface area contributed by atoms with Crippen molar-refractivity contribution in [2.75, 3.05) is 0 Å². The molecule has 1 aromatic carbocycles. The first-order chi connectivity index (χ1) is 8.34. The lowest BCUT2D eigenvalue weighted by molar-refractivity contribution is -0.142. The average Bonchev–Trinajstić information content (AvgIpc) is 2.71. The van der Waals surface area contributed by atoms with Crippen LogP contribution in [0.5, 0.6) is 0 Å². The van der Waals surface area contributed by atoms with Gasteiger partial charge in [0.1, 0.15) is 0 Å². The van der Waals surface area contributed by atoms with Gasteiger partial charge in [-0.25, -0.2) is 0 Å². The van der Waals surface area contributed by atoms with Crippen molar-refractivity contribution in [3.05, 3.63) is 35.5 Å². The first-order valence-corrected chi connectivity index (χ1v) is 6.19. The van der Waals surface area contributed by atoms with Crippen molar-refractivity contribution in [3.8, 4) is 0 Å². The average molecular weight is 245 g/mol. The minimum absolute atomic E-state index is 0.435. The summed E-state index contributed by atoms with van der Waals surface area (Å²) in [5.41, 5.74) is 2.18. The Morgan fingerprint density at radius 1 is 1.33 bits per heavy atom. The Morgan fingerprint density at radius 2 is 2.00 bits per heavy atom. The second-order valence-corrected chi connectivity index (χ2v) is 5.59. The fourth-order valence-electron chi connectivity index (χ4n) is 2.13. The zero-order valence-corrected chi connectivity index (χ0v) is 11.2. The van der Waals surface area contributed by atoms with Crippen molar-refractivity contribution < 1.29 is 9.90 Å². The van der Waals surface area contributed by atoms with Crippen LogP contribution >= 0.6 is 0 Å². The molecule has 0 radical (unpaired) electrons. The van der Waals surface area contributed by atoms with Gasteiger partial charge >= 0.3 is 5.97 Å². The van der Waals surface area contributed by atoms with E-state index in [-0.39, 0.29) is 0 Å². The number of rotatable bonds is 3. The predicted octanol–water partition coefficient (Wildman–Crippen LogP) is 3.65. The van der Waals surface area contributed by atoms with Gasteiger partial charge in [0.2, 0.25) is 0 Å². The Kier molecular flexibility index (Phi) is 2.93. The number of fused-ring (bicyclic) bond motifs is 1. The molecule has 0 saturated heterocycles. The van der Waals surface area contributed by atoms with Crippen molar-refractivity contribution in [3.63, 3.8) is 0 Å². The van der Waals surface area contributed by atoms with Crippen LogP contribution in [0.3, 0.4) is 0 Å². The molecular weight excluding hydrogens is 226 g/mol. The molecule has 2 rings (SSSR count). The minimum atomic E-state index is -0.881. The molecule has 1 aromatic heterocycles. The van der Waals surface area contributed by atoms with Crippen LogP contribution < -0.4 is 0 Å². The lowest BCUT2D eigenvalue weighted by Crippen LogP contribution is -2.28. The zero-order chi connectivity index (χ0) is 13.5. The maximum absolute atomic E-state index is 11.4. The molecule has 1 heterocycles. The second kappa shape index (κ2) is 4.16. The summed E-state index contributed by atoms with van der Waals surface area (Å²) in [5.74, 6) is -0.372. The molecule has 3 nitrogen and oxygen atoms in total. The highest BCUT2D eigenvalue weighted by atomic mass is 16.4. The normalized spacial score (nSPS) is 12.3. The molecule has 0 fully saturated rings. The summed E-state index contributed by atoms with van der Waals surface area (Å²) in [5, 5.41) is 10.3. The monoisotopic (exact) mass is 245 g/mol. The second-order valence-electron chi connectivity index (χ2n) is 5.59. The molecule has 0 aliphatic rings. The topological polar surface area (TPSA) is 53.1 Å². The van der Waals surface area contributed by atoms with E-state index in [1.807, 2.05) is 12.3 Å². The molecular formula is C15H19NO2. The van der Waals surface area contributed by atoms with E-state index in [1.165, 1.54) is 5.56 Å². The lowest BCUT2D eigenvalue weighted by Gasteiger charge is -2.18. The minimum Gasteiger partial charge on any atom is -0.481 e. The number of hydrogen-bond donors (Lipinski definition) is 2. The molecule has 0 unspecified atom stereocenters. The maximum Gasteiger partial charge on any atom is 0.313 e. The Balaban J connectivity index is 2.66. The van der Waals surface area contributed by atoms with E-state index in [0.29, 0.717) is 5.92 Å². The highest BCUT2D eigenvalue weighted by Gasteiger charge is 2.31. The van der Waals surface area contributed by atoms with Crippen LogP contribution in [-0.4, -0.2) is 16.1 Å². The van der Waals surface area contributed by atoms with Crippen molar-refractivity contribution >= 4 is 16.9 Å². The molecule has 0 atom stereocenters. The first kappa shape index (κ1) is 12.7. The summed E-state index contributed by atoms with van der Waals surface area (Å²) in [6.45, 7) is 7.74. The van der Waals surface area contributed by atoms with E-state index in [1.54, 1.807) is 13.8 Å². The summed E-state index contributed by atoms with van der Waals surface area (Å²) >= 11 is 0. The molecule has 0 saturated carbocycles. The molecule has 2 aromatic rings. The number of carboxylic acid groups (broad SMARTS) is 1. The van der Waals surface area contributed by atoms with E-state index in [0.717, 1.165) is 16.5 Å². The summed E-state index contributed by atoms with van der Waals surface area (Å²) in [6.07, 6.45) is 1.81. The van der Waals surface area contributed by atoms with Crippen LogP contribution in [0, 0.1) is 0 Å². The number of H-pyrrole nitrogens is 1. The standard InChI is InChI=1S/C15H19NO2/c1-9(2)10-5-6-13-11(7-10)12(8-16-13)15(3,4)14(17)18/h5-9,16H,1-4H3,(H,17,18). The van der Waals surface area contributed by atoms with Crippen molar-refractivity contribution in [1.29, 1.82) is 0 Å². The molecule has 0 aliphatic carbocycles. The predicted molar refractivity (Wildman–Crippen MR) is 73.0 cm³/mol. The molecule has 0 aliphatic heterocycles. The lowest BCUT2D eigenvalue weighted by atomic mass is 9.84. The van der Waals surface area contributed by atoms with Crippen molar-refractivity contribution in [1.82, 2.24) is 4.98 Å². The maximum atomic E-state index is 11.4. The van der Waals surface area contributed by atoms with E-state index in [4.69, 9.17) is 0 Å². The molecule has 0 amide bonds. The highest BCUT2D eigenvalue weighted by Crippen LogP contribution is 2.32. The van der Waals surface area contributed by atoms with Gasteiger partial charge in [-0.3, -0.25) is 4.79 Å². The Morgan fingerprint density at radius 3 is 2.56 bits per heavy atom. The zero-order valence-electron chi connectivity index (χ0n) is 11.2. The number of aromatic nitrogens is 1. The Bertz CT molecular complexity index is 594. The van der Waals surface area contributed by atoms with Crippen LogP contribution in [0.1, 0.15) is 44.7 Å². The summed E-state index contributed by atoms with van der Waals surface area (Å²) in [7, 11) is 0. The molecule has 3 heteroatoms. The largest absolute Gasteiger partial charge is 0.481 e. The number of carboxylic acids is 1. The van der Waals surface area contributed by atoms with Crippen LogP contribution in [0.25, 0.3) is 10.9 Å². The molecule has 0 spiro atoms. The van der Waals surface area contributed by atoms with Gasteiger partial charge in [0.05, 0.1) is 5.41 Å². The highest BCUT2D eigenvalue weighted by molar-refractivity contribution is 5.91. The van der Waals surface area contributed by atoms with Gasteiger partial charge in [0.15, 0.2) is 0 Å². The number of hydrogen-bond acceptors (Lipinski definition) is 1. The van der Waals surface area contributed by atoms with Gasteiger partial charge in [0, 0.05) is 17.1 Å². The summed E-state index contributed by atoms with van der Waals surface area (Å²) in [6, 6.07) is 6.20. The molecule has 18 heavy (non-hydrogen) atoms. The Labute approximate surface area is 107 Å². The van der Waals surface area contributed by atoms with E-state index < -0.39 is 11.4 Å². The van der Waals surface area contributed by atoms with Crippen molar-refractivity contribution in [2.24, 2.45) is 0 Å². The third kappa shape index (κ3) is 1.90. The number of aromatic amines is 1. The molecule has 96 valence electrons. The third-order valence-electron chi connectivity index (χ3n) is 3.58. The number of benzene rings is 1. The van der Waals surface area contributed by atoms with Crippen molar-refractivity contribution in [2.45, 2.75) is 39.0 Å². The van der Waals surface area contributed by atoms with Crippen LogP contribution in [0.2, 0.25) is 0 Å². The molecule has 2 N–H and O–H groups in total. The van der Waals surface area contributed by atoms with E-state index in [9.17, 15) is 9.90 Å². The fraction of sp³-hybridized carbons (Fsp3) is 0.400. The van der Waals surface area contributed by atoms with Gasteiger partial charge in [-0.05, 0) is 43.0 Å². The first-order valence-electron chi connectivity index (χ1n) is 6.19. The third-order valence-corrected chi connectivity index (χ3v) is 3.58. The summed E-state index contributed by atoms with van der Waals surface area (Å²) in [4.78, 5) is 14.5. The van der Waals surface area contributed by atoms with E-state index >= 15 is 0 Å². The van der Waals surface area contributed by atoms with Gasteiger partial charge in [-0.15, -0.1) is 0 Å². The Hall–Kier alpha value is -1.77. The fourth-order valence-corrected chi connectivity index (χ4v) is 2.13. The quantitative estimate of drug-likeness (QED) is 0.867. The number of aliphatic carboxylic acids is 1. The van der Waals surface area contributed by atoms with Gasteiger partial charge in [0.25, 0.3) is 0 Å².